The van der Waals surface area contributed by atoms with Crippen LogP contribution >= 0.6 is 0 Å². The lowest BCUT2D eigenvalue weighted by atomic mass is 9.89. The summed E-state index contributed by atoms with van der Waals surface area (Å²) in [5, 5.41) is 63.2. The summed E-state index contributed by atoms with van der Waals surface area (Å²) in [7, 11) is 0. The molecule has 0 aliphatic heterocycles. The Labute approximate surface area is 213 Å². The van der Waals surface area contributed by atoms with E-state index in [1.54, 1.807) is 66.7 Å². The van der Waals surface area contributed by atoms with Crippen LogP contribution in [0.15, 0.2) is 84.9 Å². The summed E-state index contributed by atoms with van der Waals surface area (Å²) in [4.78, 5) is 0. The summed E-state index contributed by atoms with van der Waals surface area (Å²) in [5.41, 5.74) is 4.19. The minimum Gasteiger partial charge on any atom is -0.508 e. The highest BCUT2D eigenvalue weighted by Crippen LogP contribution is 2.45. The molecule has 186 valence electrons. The lowest BCUT2D eigenvalue weighted by molar-refractivity contribution is 0.439. The van der Waals surface area contributed by atoms with Gasteiger partial charge in [0.2, 0.25) is 0 Å². The van der Waals surface area contributed by atoms with Crippen LogP contribution in [0.2, 0.25) is 0 Å². The zero-order valence-corrected chi connectivity index (χ0v) is 19.9. The summed E-state index contributed by atoms with van der Waals surface area (Å²) >= 11 is 0. The first-order chi connectivity index (χ1) is 17.8. The molecule has 37 heavy (non-hydrogen) atoms. The van der Waals surface area contributed by atoms with Crippen LogP contribution in [0.1, 0.15) is 33.4 Å². The van der Waals surface area contributed by atoms with Gasteiger partial charge in [0.25, 0.3) is 0 Å². The molecule has 0 heterocycles. The number of benzene rings is 5. The van der Waals surface area contributed by atoms with Gasteiger partial charge in [-0.15, -0.1) is 0 Å². The highest BCUT2D eigenvalue weighted by molar-refractivity contribution is 5.99. The molecular weight excluding hydrogens is 468 g/mol. The molecule has 0 aromatic heterocycles. The van der Waals surface area contributed by atoms with E-state index in [2.05, 4.69) is 0 Å². The summed E-state index contributed by atoms with van der Waals surface area (Å²) < 4.78 is 0. The van der Waals surface area contributed by atoms with Crippen LogP contribution in [0.3, 0.4) is 0 Å². The number of hydrogen-bond acceptors (Lipinski definition) is 6. The van der Waals surface area contributed by atoms with Gasteiger partial charge < -0.3 is 30.6 Å². The second kappa shape index (κ2) is 9.66. The third kappa shape index (κ3) is 4.95. The molecule has 0 spiro atoms. The van der Waals surface area contributed by atoms with E-state index in [1.807, 2.05) is 6.07 Å². The normalized spacial score (nSPS) is 11.1. The van der Waals surface area contributed by atoms with Crippen molar-refractivity contribution in [1.29, 1.82) is 0 Å². The summed E-state index contributed by atoms with van der Waals surface area (Å²) in [6, 6.07) is 23.4. The van der Waals surface area contributed by atoms with Crippen LogP contribution in [0.4, 0.5) is 0 Å². The van der Waals surface area contributed by atoms with E-state index >= 15 is 0 Å². The summed E-state index contributed by atoms with van der Waals surface area (Å²) in [5.74, 6) is 0.0249. The molecule has 0 atom stereocenters. The number of hydrogen-bond donors (Lipinski definition) is 6. The largest absolute Gasteiger partial charge is 0.508 e. The molecule has 5 aromatic carbocycles. The Morgan fingerprint density at radius 2 is 0.865 bits per heavy atom. The van der Waals surface area contributed by atoms with Crippen LogP contribution in [-0.2, 0) is 19.3 Å². The second-order valence-electron chi connectivity index (χ2n) is 9.22. The van der Waals surface area contributed by atoms with E-state index in [1.165, 1.54) is 12.1 Å². The molecule has 0 unspecified atom stereocenters. The summed E-state index contributed by atoms with van der Waals surface area (Å²) in [6.45, 7) is 0. The predicted molar refractivity (Wildman–Crippen MR) is 142 cm³/mol. The SMILES string of the molecule is Oc1ccc(Cc2cc(Cc3ccc(O)cc3)c3cc(O)c(Cc4ccc(O)cc4)c(O)c3c2O)cc1. The average molecular weight is 495 g/mol. The second-order valence-corrected chi connectivity index (χ2v) is 9.22. The third-order valence-electron chi connectivity index (χ3n) is 6.60. The molecule has 0 radical (unpaired) electrons. The Kier molecular flexibility index (Phi) is 6.24. The topological polar surface area (TPSA) is 121 Å². The smallest absolute Gasteiger partial charge is 0.134 e. The van der Waals surface area contributed by atoms with Crippen molar-refractivity contribution in [2.75, 3.05) is 0 Å². The monoisotopic (exact) mass is 494 g/mol. The van der Waals surface area contributed by atoms with Crippen LogP contribution < -0.4 is 0 Å². The van der Waals surface area contributed by atoms with Gasteiger partial charge in [0.1, 0.15) is 34.5 Å². The van der Waals surface area contributed by atoms with Gasteiger partial charge in [-0.1, -0.05) is 42.5 Å². The van der Waals surface area contributed by atoms with E-state index in [-0.39, 0.29) is 51.9 Å². The fourth-order valence-corrected chi connectivity index (χ4v) is 4.65. The zero-order chi connectivity index (χ0) is 26.1. The van der Waals surface area contributed by atoms with Crippen molar-refractivity contribution < 1.29 is 30.6 Å². The fraction of sp³-hybridized carbons (Fsp3) is 0.0968. The highest BCUT2D eigenvalue weighted by atomic mass is 16.3. The minimum absolute atomic E-state index is 0.0815. The van der Waals surface area contributed by atoms with E-state index in [0.717, 1.165) is 22.3 Å². The van der Waals surface area contributed by atoms with Crippen molar-refractivity contribution in [2.45, 2.75) is 19.3 Å². The molecule has 5 rings (SSSR count). The van der Waals surface area contributed by atoms with Gasteiger partial charge in [-0.2, -0.15) is 0 Å². The van der Waals surface area contributed by atoms with Crippen LogP contribution in [0.25, 0.3) is 10.8 Å². The highest BCUT2D eigenvalue weighted by Gasteiger charge is 2.21. The quantitative estimate of drug-likeness (QED) is 0.176. The lowest BCUT2D eigenvalue weighted by Crippen LogP contribution is -1.98. The Hall–Kier alpha value is -4.84. The van der Waals surface area contributed by atoms with Crippen LogP contribution in [-0.4, -0.2) is 30.6 Å². The zero-order valence-electron chi connectivity index (χ0n) is 19.9. The van der Waals surface area contributed by atoms with Crippen molar-refractivity contribution >= 4 is 10.8 Å². The number of fused-ring (bicyclic) bond motifs is 1. The van der Waals surface area contributed by atoms with E-state index < -0.39 is 0 Å². The van der Waals surface area contributed by atoms with Crippen molar-refractivity contribution in [3.05, 3.63) is 118 Å². The van der Waals surface area contributed by atoms with Gasteiger partial charge in [0.15, 0.2) is 0 Å². The van der Waals surface area contributed by atoms with Gasteiger partial charge in [0, 0.05) is 18.4 Å². The molecule has 0 aliphatic rings. The molecule has 0 fully saturated rings. The minimum atomic E-state index is -0.208. The molecule has 0 saturated carbocycles. The Bertz CT molecular complexity index is 1570. The molecule has 5 aromatic rings. The molecule has 0 aliphatic carbocycles. The van der Waals surface area contributed by atoms with Crippen LogP contribution in [0.5, 0.6) is 34.5 Å². The van der Waals surface area contributed by atoms with Crippen molar-refractivity contribution in [3.8, 4) is 34.5 Å². The van der Waals surface area contributed by atoms with Gasteiger partial charge in [-0.25, -0.2) is 0 Å². The number of aromatic hydroxyl groups is 6. The van der Waals surface area contributed by atoms with Gasteiger partial charge in [-0.3, -0.25) is 0 Å². The number of phenols is 6. The Morgan fingerprint density at radius 1 is 0.432 bits per heavy atom. The molecule has 0 amide bonds. The Balaban J connectivity index is 1.67. The first-order valence-electron chi connectivity index (χ1n) is 11.8. The van der Waals surface area contributed by atoms with E-state index in [0.29, 0.717) is 23.8 Å². The standard InChI is InChI=1S/C31H26O6/c32-23-7-1-18(2-8-23)13-21-16-22(14-19-3-9-24(33)10-4-19)30(36)29-26(21)17-28(35)27(31(29)37)15-20-5-11-25(34)12-6-20/h1-12,16-17,32-37H,13-15H2. The fourth-order valence-electron chi connectivity index (χ4n) is 4.65. The van der Waals surface area contributed by atoms with Gasteiger partial charge >= 0.3 is 0 Å². The third-order valence-corrected chi connectivity index (χ3v) is 6.60. The average Bonchev–Trinajstić information content (AvgIpc) is 2.88. The van der Waals surface area contributed by atoms with Gasteiger partial charge in [0.05, 0.1) is 5.39 Å². The molecule has 0 saturated heterocycles. The Morgan fingerprint density at radius 3 is 1.35 bits per heavy atom. The first-order valence-corrected chi connectivity index (χ1v) is 11.8. The number of phenolic OH excluding ortho intramolecular Hbond substituents is 6. The van der Waals surface area contributed by atoms with Crippen LogP contribution in [0, 0.1) is 0 Å². The lowest BCUT2D eigenvalue weighted by Gasteiger charge is -2.18. The van der Waals surface area contributed by atoms with Gasteiger partial charge in [-0.05, 0) is 82.1 Å². The van der Waals surface area contributed by atoms with Crippen molar-refractivity contribution in [3.63, 3.8) is 0 Å². The molecule has 6 heteroatoms. The molecule has 0 bridgehead atoms. The molecule has 6 nitrogen and oxygen atoms in total. The van der Waals surface area contributed by atoms with Crippen molar-refractivity contribution in [2.24, 2.45) is 0 Å². The molecule has 6 N–H and O–H groups in total. The van der Waals surface area contributed by atoms with E-state index in [4.69, 9.17) is 0 Å². The summed E-state index contributed by atoms with van der Waals surface area (Å²) in [6.07, 6.45) is 0.997. The first kappa shape index (κ1) is 23.9. The molecular formula is C31H26O6. The maximum Gasteiger partial charge on any atom is 0.134 e. The maximum atomic E-state index is 11.3. The van der Waals surface area contributed by atoms with Crippen molar-refractivity contribution in [1.82, 2.24) is 0 Å². The maximum absolute atomic E-state index is 11.3. The predicted octanol–water partition coefficient (Wildman–Crippen LogP) is 5.85. The van der Waals surface area contributed by atoms with E-state index in [9.17, 15) is 30.6 Å². The number of rotatable bonds is 6.